The number of carbonyl (C=O) groups is 2. The van der Waals surface area contributed by atoms with Crippen molar-refractivity contribution in [2.45, 2.75) is 37.9 Å². The van der Waals surface area contributed by atoms with E-state index >= 15 is 0 Å². The standard InChI is InChI=1S/C44H38O10S/c45-43(46)37-23-39(51-25-31-13-5-1-6-14-31)35(21-41(37)53-27-33-17-9-3-10-18-33)29-55(49,50)30-36-22-42(54-28-34-19-11-4-12-20-34)38(44(47)48)24-40(36)52-26-32-15-7-2-8-16-32/h1-24H,25-30H2,(H,45,46)(H,47,48). The van der Waals surface area contributed by atoms with Crippen LogP contribution in [0.4, 0.5) is 0 Å². The number of rotatable bonds is 18. The molecule has 0 aliphatic rings. The van der Waals surface area contributed by atoms with Gasteiger partial charge in [0.05, 0.1) is 11.5 Å². The van der Waals surface area contributed by atoms with Crippen LogP contribution in [0.15, 0.2) is 146 Å². The fourth-order valence-corrected chi connectivity index (χ4v) is 7.24. The van der Waals surface area contributed by atoms with Crippen LogP contribution < -0.4 is 18.9 Å². The Morgan fingerprint density at radius 3 is 0.964 bits per heavy atom. The molecule has 0 radical (unpaired) electrons. The van der Waals surface area contributed by atoms with Gasteiger partial charge >= 0.3 is 11.9 Å². The molecule has 0 unspecified atom stereocenters. The summed E-state index contributed by atoms with van der Waals surface area (Å²) in [6.45, 7) is 0.184. The quantitative estimate of drug-likeness (QED) is 0.0875. The van der Waals surface area contributed by atoms with Crippen molar-refractivity contribution >= 4 is 21.8 Å². The number of hydrogen-bond donors (Lipinski definition) is 2. The van der Waals surface area contributed by atoms with E-state index in [1.807, 2.05) is 121 Å². The third-order valence-electron chi connectivity index (χ3n) is 8.49. The molecule has 6 aromatic carbocycles. The van der Waals surface area contributed by atoms with E-state index in [1.54, 1.807) is 0 Å². The lowest BCUT2D eigenvalue weighted by Gasteiger charge is -2.18. The van der Waals surface area contributed by atoms with Crippen LogP contribution in [0, 0.1) is 0 Å². The minimum atomic E-state index is -4.10. The van der Waals surface area contributed by atoms with Crippen LogP contribution in [-0.2, 0) is 47.8 Å². The molecule has 0 aliphatic heterocycles. The first-order valence-corrected chi connectivity index (χ1v) is 19.1. The van der Waals surface area contributed by atoms with Crippen LogP contribution in [0.3, 0.4) is 0 Å². The van der Waals surface area contributed by atoms with Crippen LogP contribution in [0.25, 0.3) is 0 Å². The maximum atomic E-state index is 14.2. The summed E-state index contributed by atoms with van der Waals surface area (Å²) < 4.78 is 52.5. The molecule has 0 aromatic heterocycles. The fourth-order valence-electron chi connectivity index (χ4n) is 5.74. The highest BCUT2D eigenvalue weighted by atomic mass is 32.2. The van der Waals surface area contributed by atoms with Crippen molar-refractivity contribution in [1.82, 2.24) is 0 Å². The molecule has 0 fully saturated rings. The Morgan fingerprint density at radius 1 is 0.418 bits per heavy atom. The minimum Gasteiger partial charge on any atom is -0.489 e. The first kappa shape index (κ1) is 38.1. The van der Waals surface area contributed by atoms with Crippen molar-refractivity contribution < 1.29 is 47.2 Å². The number of aromatic carboxylic acids is 2. The molecule has 2 N–H and O–H groups in total. The Labute approximate surface area is 319 Å². The normalized spacial score (nSPS) is 11.1. The van der Waals surface area contributed by atoms with E-state index in [0.29, 0.717) is 0 Å². The third kappa shape index (κ3) is 10.7. The first-order chi connectivity index (χ1) is 26.6. The molecule has 0 bridgehead atoms. The van der Waals surface area contributed by atoms with Gasteiger partial charge in [-0.15, -0.1) is 0 Å². The highest BCUT2D eigenvalue weighted by molar-refractivity contribution is 7.89. The molecule has 55 heavy (non-hydrogen) atoms. The van der Waals surface area contributed by atoms with E-state index in [0.717, 1.165) is 22.3 Å². The van der Waals surface area contributed by atoms with Crippen LogP contribution in [0.1, 0.15) is 54.1 Å². The van der Waals surface area contributed by atoms with E-state index < -0.39 is 33.3 Å². The predicted octanol–water partition coefficient (Wildman–Crippen LogP) is 8.51. The molecule has 0 amide bonds. The molecule has 0 saturated heterocycles. The third-order valence-corrected chi connectivity index (χ3v) is 9.99. The smallest absolute Gasteiger partial charge is 0.339 e. The van der Waals surface area contributed by atoms with Crippen LogP contribution in [0.5, 0.6) is 23.0 Å². The SMILES string of the molecule is O=C(O)c1cc(OCc2ccccc2)c(CS(=O)(=O)Cc2cc(OCc3ccccc3)c(C(=O)O)cc2OCc2ccccc2)cc1OCc1ccccc1. The van der Waals surface area contributed by atoms with Gasteiger partial charge in [-0.05, 0) is 46.5 Å². The van der Waals surface area contributed by atoms with Gasteiger partial charge in [0, 0.05) is 11.1 Å². The lowest BCUT2D eigenvalue weighted by molar-refractivity contribution is 0.0680. The Morgan fingerprint density at radius 2 is 0.691 bits per heavy atom. The average molecular weight is 759 g/mol. The Bertz CT molecular complexity index is 2170. The molecule has 0 heterocycles. The molecule has 11 heteroatoms. The van der Waals surface area contributed by atoms with E-state index in [2.05, 4.69) is 0 Å². The summed E-state index contributed by atoms with van der Waals surface area (Å²) >= 11 is 0. The predicted molar refractivity (Wildman–Crippen MR) is 206 cm³/mol. The first-order valence-electron chi connectivity index (χ1n) is 17.3. The van der Waals surface area contributed by atoms with Gasteiger partial charge in [0.1, 0.15) is 60.6 Å². The van der Waals surface area contributed by atoms with Crippen LogP contribution in [-0.4, -0.2) is 30.6 Å². The van der Waals surface area contributed by atoms with Gasteiger partial charge in [-0.2, -0.15) is 0 Å². The average Bonchev–Trinajstić information content (AvgIpc) is 3.19. The highest BCUT2D eigenvalue weighted by Gasteiger charge is 2.25. The number of hydrogen-bond acceptors (Lipinski definition) is 8. The molecule has 0 atom stereocenters. The van der Waals surface area contributed by atoms with Crippen LogP contribution in [0.2, 0.25) is 0 Å². The van der Waals surface area contributed by atoms with Crippen molar-refractivity contribution in [2.75, 3.05) is 0 Å². The minimum absolute atomic E-state index is 0.0251. The molecule has 6 rings (SSSR count). The summed E-state index contributed by atoms with van der Waals surface area (Å²) in [7, 11) is -4.10. The Hall–Kier alpha value is -6.59. The zero-order chi connectivity index (χ0) is 38.6. The maximum Gasteiger partial charge on any atom is 0.339 e. The van der Waals surface area contributed by atoms with Crippen molar-refractivity contribution in [3.8, 4) is 23.0 Å². The molecule has 280 valence electrons. The molecular weight excluding hydrogens is 721 g/mol. The van der Waals surface area contributed by atoms with Gasteiger partial charge in [-0.1, -0.05) is 121 Å². The van der Waals surface area contributed by atoms with Crippen molar-refractivity contribution in [3.05, 3.63) is 190 Å². The van der Waals surface area contributed by atoms with Gasteiger partial charge in [0.15, 0.2) is 9.84 Å². The lowest BCUT2D eigenvalue weighted by atomic mass is 10.1. The number of ether oxygens (including phenoxy) is 4. The molecular formula is C44H38O10S. The van der Waals surface area contributed by atoms with E-state index in [-0.39, 0.29) is 71.7 Å². The fraction of sp³-hybridized carbons (Fsp3) is 0.136. The monoisotopic (exact) mass is 758 g/mol. The van der Waals surface area contributed by atoms with Gasteiger partial charge in [0.2, 0.25) is 0 Å². The summed E-state index contributed by atoms with van der Waals surface area (Å²) in [5.74, 6) is -3.62. The summed E-state index contributed by atoms with van der Waals surface area (Å²) in [6, 6.07) is 42.0. The second-order valence-electron chi connectivity index (χ2n) is 12.7. The lowest BCUT2D eigenvalue weighted by Crippen LogP contribution is -2.13. The summed E-state index contributed by atoms with van der Waals surface area (Å²) in [4.78, 5) is 24.9. The second-order valence-corrected chi connectivity index (χ2v) is 14.7. The van der Waals surface area contributed by atoms with E-state index in [9.17, 15) is 28.2 Å². The number of sulfone groups is 1. The topological polar surface area (TPSA) is 146 Å². The second kappa shape index (κ2) is 18.0. The zero-order valence-corrected chi connectivity index (χ0v) is 30.5. The van der Waals surface area contributed by atoms with Gasteiger partial charge in [-0.3, -0.25) is 0 Å². The molecule has 0 saturated carbocycles. The van der Waals surface area contributed by atoms with Gasteiger partial charge < -0.3 is 29.2 Å². The summed E-state index contributed by atoms with van der Waals surface area (Å²) in [5, 5.41) is 20.3. The van der Waals surface area contributed by atoms with E-state index in [4.69, 9.17) is 18.9 Å². The highest BCUT2D eigenvalue weighted by Crippen LogP contribution is 2.35. The largest absolute Gasteiger partial charge is 0.489 e. The van der Waals surface area contributed by atoms with Gasteiger partial charge in [-0.25, -0.2) is 18.0 Å². The van der Waals surface area contributed by atoms with Crippen LogP contribution >= 0.6 is 0 Å². The Kier molecular flexibility index (Phi) is 12.5. The molecule has 0 spiro atoms. The number of benzene rings is 6. The van der Waals surface area contributed by atoms with Crippen molar-refractivity contribution in [1.29, 1.82) is 0 Å². The molecule has 6 aromatic rings. The maximum absolute atomic E-state index is 14.2. The Balaban J connectivity index is 1.35. The van der Waals surface area contributed by atoms with E-state index in [1.165, 1.54) is 24.3 Å². The summed E-state index contributed by atoms with van der Waals surface area (Å²) in [5.41, 5.74) is 3.13. The van der Waals surface area contributed by atoms with Crippen molar-refractivity contribution in [3.63, 3.8) is 0 Å². The zero-order valence-electron chi connectivity index (χ0n) is 29.7. The molecule has 0 aliphatic carbocycles. The molecule has 10 nitrogen and oxygen atoms in total. The number of carboxylic acids is 2. The van der Waals surface area contributed by atoms with Crippen molar-refractivity contribution in [2.24, 2.45) is 0 Å². The van der Waals surface area contributed by atoms with Gasteiger partial charge in [0.25, 0.3) is 0 Å². The number of carboxylic acid groups (broad SMARTS) is 2. The summed E-state index contributed by atoms with van der Waals surface area (Å²) in [6.07, 6.45) is 0.